The summed E-state index contributed by atoms with van der Waals surface area (Å²) in [6, 6.07) is 5.65. The summed E-state index contributed by atoms with van der Waals surface area (Å²) < 4.78 is 17.4. The molecule has 2 aliphatic rings. The summed E-state index contributed by atoms with van der Waals surface area (Å²) in [5.74, 6) is 1.98. The first kappa shape index (κ1) is 14.7. The summed E-state index contributed by atoms with van der Waals surface area (Å²) in [5.41, 5.74) is 0.529. The van der Waals surface area contributed by atoms with Crippen molar-refractivity contribution in [3.63, 3.8) is 0 Å². The number of ether oxygens (including phenoxy) is 3. The van der Waals surface area contributed by atoms with Crippen LogP contribution in [0.15, 0.2) is 18.2 Å². The fraction of sp³-hybridized carbons (Fsp3) is 0.647. The Morgan fingerprint density at radius 1 is 1.33 bits per heavy atom. The molecule has 1 N–H and O–H groups in total. The van der Waals surface area contributed by atoms with Gasteiger partial charge in [0.2, 0.25) is 0 Å². The first-order valence-corrected chi connectivity index (χ1v) is 7.70. The van der Waals surface area contributed by atoms with E-state index in [0.717, 1.165) is 29.9 Å². The summed E-state index contributed by atoms with van der Waals surface area (Å²) in [7, 11) is 1.63. The minimum atomic E-state index is -0.505. The largest absolute Gasteiger partial charge is 0.497 e. The molecular formula is C17H24O4. The lowest BCUT2D eigenvalue weighted by Gasteiger charge is -2.46. The van der Waals surface area contributed by atoms with Crippen molar-refractivity contribution >= 4 is 0 Å². The molecule has 0 radical (unpaired) electrons. The van der Waals surface area contributed by atoms with Crippen LogP contribution >= 0.6 is 0 Å². The smallest absolute Gasteiger partial charge is 0.126 e. The normalized spacial score (nSPS) is 31.9. The highest BCUT2D eigenvalue weighted by molar-refractivity contribution is 5.43. The summed E-state index contributed by atoms with van der Waals surface area (Å²) in [6.45, 7) is 5.03. The fourth-order valence-electron chi connectivity index (χ4n) is 3.37. The molecule has 3 unspecified atom stereocenters. The van der Waals surface area contributed by atoms with E-state index in [1.54, 1.807) is 7.11 Å². The molecule has 2 aliphatic heterocycles. The standard InChI is InChI=1S/C17H24O4/c1-11(2)16-10-17(6-7-20-16)9-14(18)13-8-12(19-3)4-5-15(13)21-17/h4-5,8,11,14,16,18H,6-7,9-10H2,1-3H3. The number of benzene rings is 1. The molecule has 0 amide bonds. The topological polar surface area (TPSA) is 47.9 Å². The van der Waals surface area contributed by atoms with E-state index in [1.807, 2.05) is 18.2 Å². The van der Waals surface area contributed by atoms with Gasteiger partial charge in [0.15, 0.2) is 0 Å². The molecule has 1 fully saturated rings. The Hall–Kier alpha value is -1.26. The summed E-state index contributed by atoms with van der Waals surface area (Å²) in [5, 5.41) is 10.5. The summed E-state index contributed by atoms with van der Waals surface area (Å²) >= 11 is 0. The molecule has 0 saturated carbocycles. The summed E-state index contributed by atoms with van der Waals surface area (Å²) in [4.78, 5) is 0. The van der Waals surface area contributed by atoms with Crippen molar-refractivity contribution in [2.45, 2.75) is 50.9 Å². The Morgan fingerprint density at radius 2 is 2.14 bits per heavy atom. The minimum Gasteiger partial charge on any atom is -0.497 e. The molecule has 4 nitrogen and oxygen atoms in total. The van der Waals surface area contributed by atoms with E-state index in [0.29, 0.717) is 18.9 Å². The van der Waals surface area contributed by atoms with Crippen molar-refractivity contribution in [1.29, 1.82) is 0 Å². The average molecular weight is 292 g/mol. The molecule has 4 heteroatoms. The predicted octanol–water partition coefficient (Wildman–Crippen LogP) is 3.08. The van der Waals surface area contributed by atoms with E-state index < -0.39 is 6.10 Å². The molecule has 0 bridgehead atoms. The maximum Gasteiger partial charge on any atom is 0.126 e. The first-order valence-electron chi connectivity index (χ1n) is 7.70. The number of hydrogen-bond donors (Lipinski definition) is 1. The average Bonchev–Trinajstić information content (AvgIpc) is 2.47. The lowest BCUT2D eigenvalue weighted by molar-refractivity contribution is -0.127. The van der Waals surface area contributed by atoms with Gasteiger partial charge >= 0.3 is 0 Å². The predicted molar refractivity (Wildman–Crippen MR) is 79.7 cm³/mol. The second-order valence-corrected chi connectivity index (χ2v) is 6.52. The van der Waals surface area contributed by atoms with Crippen LogP contribution in [0.25, 0.3) is 0 Å². The van der Waals surface area contributed by atoms with E-state index in [-0.39, 0.29) is 11.7 Å². The van der Waals surface area contributed by atoms with Gasteiger partial charge in [-0.1, -0.05) is 13.8 Å². The van der Waals surface area contributed by atoms with Gasteiger partial charge in [-0.15, -0.1) is 0 Å². The van der Waals surface area contributed by atoms with Crippen molar-refractivity contribution in [3.05, 3.63) is 23.8 Å². The van der Waals surface area contributed by atoms with Gasteiger partial charge in [-0.05, 0) is 24.1 Å². The van der Waals surface area contributed by atoms with Gasteiger partial charge in [-0.3, -0.25) is 0 Å². The first-order chi connectivity index (χ1) is 10.0. The van der Waals surface area contributed by atoms with E-state index in [4.69, 9.17) is 14.2 Å². The van der Waals surface area contributed by atoms with Crippen LogP contribution in [-0.2, 0) is 4.74 Å². The monoisotopic (exact) mass is 292 g/mol. The van der Waals surface area contributed by atoms with Gasteiger partial charge in [-0.25, -0.2) is 0 Å². The van der Waals surface area contributed by atoms with E-state index in [9.17, 15) is 5.11 Å². The van der Waals surface area contributed by atoms with Gasteiger partial charge < -0.3 is 19.3 Å². The summed E-state index contributed by atoms with van der Waals surface area (Å²) in [6.07, 6.45) is 1.99. The molecule has 2 heterocycles. The minimum absolute atomic E-state index is 0.200. The SMILES string of the molecule is COc1ccc2c(c1)C(O)CC1(CCOC(C(C)C)C1)O2. The van der Waals surface area contributed by atoms with Crippen molar-refractivity contribution in [3.8, 4) is 11.5 Å². The Morgan fingerprint density at radius 3 is 2.86 bits per heavy atom. The molecular weight excluding hydrogens is 268 g/mol. The lowest BCUT2D eigenvalue weighted by Crippen LogP contribution is -2.49. The maximum absolute atomic E-state index is 10.5. The Bertz CT molecular complexity index is 514. The van der Waals surface area contributed by atoms with Crippen molar-refractivity contribution in [2.75, 3.05) is 13.7 Å². The van der Waals surface area contributed by atoms with Crippen LogP contribution in [0.2, 0.25) is 0 Å². The van der Waals surface area contributed by atoms with E-state index >= 15 is 0 Å². The number of aliphatic hydroxyl groups is 1. The van der Waals surface area contributed by atoms with Gasteiger partial charge in [0.05, 0.1) is 25.9 Å². The molecule has 21 heavy (non-hydrogen) atoms. The number of rotatable bonds is 2. The molecule has 3 atom stereocenters. The van der Waals surface area contributed by atoms with Crippen LogP contribution in [0.5, 0.6) is 11.5 Å². The molecule has 1 saturated heterocycles. The number of methoxy groups -OCH3 is 1. The number of aliphatic hydroxyl groups excluding tert-OH is 1. The van der Waals surface area contributed by atoms with Gasteiger partial charge in [0.1, 0.15) is 17.1 Å². The molecule has 1 spiro atoms. The number of fused-ring (bicyclic) bond motifs is 1. The second kappa shape index (κ2) is 5.50. The van der Waals surface area contributed by atoms with Crippen LogP contribution in [-0.4, -0.2) is 30.5 Å². The van der Waals surface area contributed by atoms with Crippen molar-refractivity contribution in [2.24, 2.45) is 5.92 Å². The van der Waals surface area contributed by atoms with Crippen LogP contribution in [0.3, 0.4) is 0 Å². The molecule has 116 valence electrons. The molecule has 1 aromatic rings. The third-order valence-electron chi connectivity index (χ3n) is 4.67. The quantitative estimate of drug-likeness (QED) is 0.910. The Kier molecular flexibility index (Phi) is 3.84. The van der Waals surface area contributed by atoms with Gasteiger partial charge in [0.25, 0.3) is 0 Å². The van der Waals surface area contributed by atoms with E-state index in [2.05, 4.69) is 13.8 Å². The molecule has 1 aromatic carbocycles. The van der Waals surface area contributed by atoms with Crippen LogP contribution < -0.4 is 9.47 Å². The zero-order valence-corrected chi connectivity index (χ0v) is 13.0. The lowest BCUT2D eigenvalue weighted by atomic mass is 9.79. The van der Waals surface area contributed by atoms with E-state index in [1.165, 1.54) is 0 Å². The zero-order chi connectivity index (χ0) is 15.0. The highest BCUT2D eigenvalue weighted by atomic mass is 16.5. The van der Waals surface area contributed by atoms with Gasteiger partial charge in [-0.2, -0.15) is 0 Å². The van der Waals surface area contributed by atoms with Crippen molar-refractivity contribution < 1.29 is 19.3 Å². The van der Waals surface area contributed by atoms with Gasteiger partial charge in [0, 0.05) is 24.8 Å². The second-order valence-electron chi connectivity index (χ2n) is 6.52. The zero-order valence-electron chi connectivity index (χ0n) is 13.0. The third kappa shape index (κ3) is 2.74. The molecule has 0 aromatic heterocycles. The third-order valence-corrected chi connectivity index (χ3v) is 4.67. The molecule has 3 rings (SSSR count). The van der Waals surface area contributed by atoms with Crippen LogP contribution in [0, 0.1) is 5.92 Å². The molecule has 0 aliphatic carbocycles. The maximum atomic E-state index is 10.5. The highest BCUT2D eigenvalue weighted by Gasteiger charge is 2.45. The highest BCUT2D eigenvalue weighted by Crippen LogP contribution is 2.46. The van der Waals surface area contributed by atoms with Crippen LogP contribution in [0.4, 0.5) is 0 Å². The fourth-order valence-corrected chi connectivity index (χ4v) is 3.37. The van der Waals surface area contributed by atoms with Crippen molar-refractivity contribution in [1.82, 2.24) is 0 Å². The Balaban J connectivity index is 1.87. The Labute approximate surface area is 126 Å². The van der Waals surface area contributed by atoms with Crippen LogP contribution in [0.1, 0.15) is 44.8 Å². The number of hydrogen-bond acceptors (Lipinski definition) is 4.